The molecule has 21 heavy (non-hydrogen) atoms. The summed E-state index contributed by atoms with van der Waals surface area (Å²) in [6.07, 6.45) is 6.18. The van der Waals surface area contributed by atoms with Gasteiger partial charge in [0.05, 0.1) is 32.1 Å². The first-order chi connectivity index (χ1) is 10.3. The Labute approximate surface area is 123 Å². The average molecular weight is 289 g/mol. The third-order valence-electron chi connectivity index (χ3n) is 3.73. The first kappa shape index (κ1) is 13.9. The van der Waals surface area contributed by atoms with Crippen LogP contribution >= 0.6 is 0 Å². The molecular formula is C15H19N3O3. The second-order valence-electron chi connectivity index (χ2n) is 5.14. The van der Waals surface area contributed by atoms with Gasteiger partial charge >= 0.3 is 0 Å². The van der Waals surface area contributed by atoms with Crippen LogP contribution in [0.1, 0.15) is 29.7 Å². The Kier molecular flexibility index (Phi) is 4.06. The second-order valence-corrected chi connectivity index (χ2v) is 5.14. The summed E-state index contributed by atoms with van der Waals surface area (Å²) in [4.78, 5) is 18.4. The van der Waals surface area contributed by atoms with E-state index in [2.05, 4.69) is 11.9 Å². The highest BCUT2D eigenvalue weighted by Crippen LogP contribution is 2.17. The number of ether oxygens (including phenoxy) is 1. The molecule has 3 heterocycles. The Balaban J connectivity index is 1.71. The monoisotopic (exact) mass is 289 g/mol. The van der Waals surface area contributed by atoms with E-state index in [0.717, 1.165) is 12.2 Å². The van der Waals surface area contributed by atoms with Crippen LogP contribution in [0.5, 0.6) is 0 Å². The van der Waals surface area contributed by atoms with Crippen molar-refractivity contribution in [2.75, 3.05) is 19.8 Å². The molecular weight excluding hydrogens is 270 g/mol. The molecule has 0 saturated carbocycles. The highest BCUT2D eigenvalue weighted by atomic mass is 16.5. The maximum absolute atomic E-state index is 12.5. The van der Waals surface area contributed by atoms with Crippen molar-refractivity contribution in [3.8, 4) is 0 Å². The molecule has 1 saturated heterocycles. The standard InChI is InChI=1S/C15H19N3O3/c1-2-12-10-20-8-7-18(12)15(19)14-4-3-13(21-14)9-17-6-5-16-11-17/h3-6,11-12H,2,7-10H2,1H3/t12-/m0/s1. The molecule has 1 aliphatic rings. The van der Waals surface area contributed by atoms with Gasteiger partial charge in [0.25, 0.3) is 5.91 Å². The summed E-state index contributed by atoms with van der Waals surface area (Å²) in [5.41, 5.74) is 0. The molecule has 0 aromatic carbocycles. The predicted molar refractivity (Wildman–Crippen MR) is 76.0 cm³/mol. The van der Waals surface area contributed by atoms with Gasteiger partial charge in [-0.1, -0.05) is 6.92 Å². The van der Waals surface area contributed by atoms with Crippen LogP contribution < -0.4 is 0 Å². The molecule has 0 unspecified atom stereocenters. The lowest BCUT2D eigenvalue weighted by Crippen LogP contribution is -2.48. The van der Waals surface area contributed by atoms with Gasteiger partial charge in [-0.3, -0.25) is 4.79 Å². The quantitative estimate of drug-likeness (QED) is 0.860. The summed E-state index contributed by atoms with van der Waals surface area (Å²) in [5.74, 6) is 1.09. The van der Waals surface area contributed by atoms with Crippen molar-refractivity contribution in [2.45, 2.75) is 25.9 Å². The molecule has 2 aromatic heterocycles. The summed E-state index contributed by atoms with van der Waals surface area (Å²) in [6.45, 7) is 4.45. The van der Waals surface area contributed by atoms with Crippen LogP contribution in [0.3, 0.4) is 0 Å². The number of rotatable bonds is 4. The van der Waals surface area contributed by atoms with Crippen LogP contribution in [-0.2, 0) is 11.3 Å². The largest absolute Gasteiger partial charge is 0.454 e. The highest BCUT2D eigenvalue weighted by molar-refractivity contribution is 5.91. The Hall–Kier alpha value is -2.08. The Morgan fingerprint density at radius 2 is 2.38 bits per heavy atom. The number of hydrogen-bond acceptors (Lipinski definition) is 4. The van der Waals surface area contributed by atoms with Gasteiger partial charge in [-0.25, -0.2) is 4.98 Å². The molecule has 112 valence electrons. The van der Waals surface area contributed by atoms with Crippen LogP contribution in [0.4, 0.5) is 0 Å². The fourth-order valence-corrected chi connectivity index (χ4v) is 2.54. The summed E-state index contributed by atoms with van der Waals surface area (Å²) in [5, 5.41) is 0. The van der Waals surface area contributed by atoms with E-state index in [4.69, 9.17) is 9.15 Å². The summed E-state index contributed by atoms with van der Waals surface area (Å²) < 4.78 is 13.0. The lowest BCUT2D eigenvalue weighted by atomic mass is 10.1. The molecule has 0 aliphatic carbocycles. The number of morpholine rings is 1. The zero-order chi connectivity index (χ0) is 14.7. The molecule has 6 nitrogen and oxygen atoms in total. The SMILES string of the molecule is CC[C@H]1COCCN1C(=O)c1ccc(Cn2ccnc2)o1. The number of carbonyl (C=O) groups excluding carboxylic acids is 1. The van der Waals surface area contributed by atoms with Crippen molar-refractivity contribution < 1.29 is 13.9 Å². The topological polar surface area (TPSA) is 60.5 Å². The maximum Gasteiger partial charge on any atom is 0.289 e. The van der Waals surface area contributed by atoms with Crippen LogP contribution in [0.25, 0.3) is 0 Å². The fraction of sp³-hybridized carbons (Fsp3) is 0.467. The van der Waals surface area contributed by atoms with E-state index in [1.165, 1.54) is 0 Å². The summed E-state index contributed by atoms with van der Waals surface area (Å²) >= 11 is 0. The van der Waals surface area contributed by atoms with E-state index in [1.54, 1.807) is 18.6 Å². The van der Waals surface area contributed by atoms with Crippen molar-refractivity contribution in [1.82, 2.24) is 14.5 Å². The molecule has 1 amide bonds. The van der Waals surface area contributed by atoms with Crippen LogP contribution in [-0.4, -0.2) is 46.2 Å². The van der Waals surface area contributed by atoms with E-state index in [1.807, 2.05) is 21.7 Å². The van der Waals surface area contributed by atoms with Gasteiger partial charge in [0.15, 0.2) is 5.76 Å². The Morgan fingerprint density at radius 3 is 3.14 bits per heavy atom. The van der Waals surface area contributed by atoms with Gasteiger partial charge in [0.2, 0.25) is 0 Å². The van der Waals surface area contributed by atoms with Crippen LogP contribution in [0.15, 0.2) is 35.3 Å². The highest BCUT2D eigenvalue weighted by Gasteiger charge is 2.28. The zero-order valence-electron chi connectivity index (χ0n) is 12.1. The number of carbonyl (C=O) groups is 1. The smallest absolute Gasteiger partial charge is 0.289 e. The van der Waals surface area contributed by atoms with E-state index in [9.17, 15) is 4.79 Å². The minimum atomic E-state index is -0.0537. The number of amides is 1. The molecule has 0 spiro atoms. The van der Waals surface area contributed by atoms with Crippen molar-refractivity contribution in [2.24, 2.45) is 0 Å². The van der Waals surface area contributed by atoms with Gasteiger partial charge in [0, 0.05) is 18.9 Å². The zero-order valence-corrected chi connectivity index (χ0v) is 12.1. The lowest BCUT2D eigenvalue weighted by Gasteiger charge is -2.34. The number of aromatic nitrogens is 2. The van der Waals surface area contributed by atoms with E-state index in [0.29, 0.717) is 32.1 Å². The average Bonchev–Trinajstić information content (AvgIpc) is 3.19. The molecule has 1 fully saturated rings. The molecule has 0 N–H and O–H groups in total. The van der Waals surface area contributed by atoms with Gasteiger partial charge in [0.1, 0.15) is 5.76 Å². The van der Waals surface area contributed by atoms with Gasteiger partial charge in [-0.05, 0) is 18.6 Å². The second kappa shape index (κ2) is 6.13. The molecule has 1 atom stereocenters. The van der Waals surface area contributed by atoms with Gasteiger partial charge < -0.3 is 18.6 Å². The molecule has 0 radical (unpaired) electrons. The lowest BCUT2D eigenvalue weighted by molar-refractivity contribution is -0.00441. The first-order valence-corrected chi connectivity index (χ1v) is 7.21. The number of hydrogen-bond donors (Lipinski definition) is 0. The normalized spacial score (nSPS) is 18.9. The van der Waals surface area contributed by atoms with Gasteiger partial charge in [-0.2, -0.15) is 0 Å². The van der Waals surface area contributed by atoms with Crippen molar-refractivity contribution in [3.63, 3.8) is 0 Å². The van der Waals surface area contributed by atoms with Gasteiger partial charge in [-0.15, -0.1) is 0 Å². The van der Waals surface area contributed by atoms with Crippen LogP contribution in [0, 0.1) is 0 Å². The third kappa shape index (κ3) is 3.00. The van der Waals surface area contributed by atoms with E-state index >= 15 is 0 Å². The van der Waals surface area contributed by atoms with Crippen LogP contribution in [0.2, 0.25) is 0 Å². The Morgan fingerprint density at radius 1 is 1.48 bits per heavy atom. The van der Waals surface area contributed by atoms with Crippen molar-refractivity contribution in [3.05, 3.63) is 42.4 Å². The van der Waals surface area contributed by atoms with Crippen molar-refractivity contribution >= 4 is 5.91 Å². The van der Waals surface area contributed by atoms with E-state index in [-0.39, 0.29) is 11.9 Å². The Bertz CT molecular complexity index is 591. The minimum Gasteiger partial charge on any atom is -0.454 e. The number of furan rings is 1. The minimum absolute atomic E-state index is 0.0537. The molecule has 0 bridgehead atoms. The summed E-state index contributed by atoms with van der Waals surface area (Å²) in [6, 6.07) is 3.72. The first-order valence-electron chi connectivity index (χ1n) is 7.21. The molecule has 1 aliphatic heterocycles. The fourth-order valence-electron chi connectivity index (χ4n) is 2.54. The molecule has 6 heteroatoms. The molecule has 2 aromatic rings. The van der Waals surface area contributed by atoms with E-state index < -0.39 is 0 Å². The number of imidazole rings is 1. The third-order valence-corrected chi connectivity index (χ3v) is 3.73. The van der Waals surface area contributed by atoms with Crippen molar-refractivity contribution in [1.29, 1.82) is 0 Å². The molecule has 3 rings (SSSR count). The maximum atomic E-state index is 12.5. The summed E-state index contributed by atoms with van der Waals surface area (Å²) in [7, 11) is 0. The number of nitrogens with zero attached hydrogens (tertiary/aromatic N) is 3. The predicted octanol–water partition coefficient (Wildman–Crippen LogP) is 1.78.